The lowest BCUT2D eigenvalue weighted by atomic mass is 10.2. The Kier molecular flexibility index (Phi) is 3.65. The number of carbonyl (C=O) groups is 1. The summed E-state index contributed by atoms with van der Waals surface area (Å²) in [4.78, 5) is 15.4. The number of aromatic nitrogens is 3. The number of ether oxygens (including phenoxy) is 1. The molecule has 1 amide bonds. The second kappa shape index (κ2) is 5.38. The van der Waals surface area contributed by atoms with Gasteiger partial charge in [0.1, 0.15) is 11.4 Å². The van der Waals surface area contributed by atoms with Crippen molar-refractivity contribution in [2.45, 2.75) is 6.92 Å². The van der Waals surface area contributed by atoms with E-state index in [1.165, 1.54) is 0 Å². The third-order valence-electron chi connectivity index (χ3n) is 2.38. The summed E-state index contributed by atoms with van der Waals surface area (Å²) in [7, 11) is 1.82. The minimum Gasteiger partial charge on any atom is -0.477 e. The molecule has 0 bridgehead atoms. The van der Waals surface area contributed by atoms with Crippen LogP contribution >= 0.6 is 0 Å². The topological polar surface area (TPSA) is 95.1 Å². The number of aryl methyl sites for hydroxylation is 1. The SMILES string of the molecule is CCOc1nc(Nc2ccn(C)n2)ccc1C(N)=O. The largest absolute Gasteiger partial charge is 0.477 e. The zero-order chi connectivity index (χ0) is 13.8. The Morgan fingerprint density at radius 3 is 2.79 bits per heavy atom. The second-order valence-corrected chi connectivity index (χ2v) is 3.85. The summed E-state index contributed by atoms with van der Waals surface area (Å²) in [6.07, 6.45) is 1.81. The number of carbonyl (C=O) groups excluding carboxylic acids is 1. The van der Waals surface area contributed by atoms with Gasteiger partial charge in [0.2, 0.25) is 5.88 Å². The zero-order valence-electron chi connectivity index (χ0n) is 10.8. The number of nitrogens with two attached hydrogens (primary N) is 1. The first-order valence-corrected chi connectivity index (χ1v) is 5.80. The second-order valence-electron chi connectivity index (χ2n) is 3.85. The molecule has 7 nitrogen and oxygen atoms in total. The molecule has 100 valence electrons. The predicted molar refractivity (Wildman–Crippen MR) is 70.4 cm³/mol. The fourth-order valence-electron chi connectivity index (χ4n) is 1.56. The normalized spacial score (nSPS) is 10.2. The average Bonchev–Trinajstić information content (AvgIpc) is 2.75. The number of hydrogen-bond donors (Lipinski definition) is 2. The van der Waals surface area contributed by atoms with Crippen LogP contribution in [-0.2, 0) is 7.05 Å². The van der Waals surface area contributed by atoms with Gasteiger partial charge in [0.25, 0.3) is 5.91 Å². The molecule has 0 aliphatic heterocycles. The lowest BCUT2D eigenvalue weighted by Gasteiger charge is -2.09. The van der Waals surface area contributed by atoms with Crippen LogP contribution in [0.15, 0.2) is 24.4 Å². The molecule has 2 heterocycles. The van der Waals surface area contributed by atoms with Crippen LogP contribution in [0.25, 0.3) is 0 Å². The number of nitrogens with zero attached hydrogens (tertiary/aromatic N) is 3. The van der Waals surface area contributed by atoms with Gasteiger partial charge in [0.15, 0.2) is 5.82 Å². The van der Waals surface area contributed by atoms with Crippen LogP contribution in [0.2, 0.25) is 0 Å². The molecule has 2 aromatic rings. The zero-order valence-corrected chi connectivity index (χ0v) is 10.8. The van der Waals surface area contributed by atoms with Gasteiger partial charge in [-0.15, -0.1) is 0 Å². The number of amides is 1. The van der Waals surface area contributed by atoms with Crippen LogP contribution in [0.4, 0.5) is 11.6 Å². The van der Waals surface area contributed by atoms with Crippen molar-refractivity contribution in [3.63, 3.8) is 0 Å². The molecule has 2 aromatic heterocycles. The van der Waals surface area contributed by atoms with Crippen LogP contribution in [0.5, 0.6) is 5.88 Å². The highest BCUT2D eigenvalue weighted by Gasteiger charge is 2.12. The van der Waals surface area contributed by atoms with Crippen LogP contribution in [-0.4, -0.2) is 27.3 Å². The Morgan fingerprint density at radius 1 is 1.42 bits per heavy atom. The minimum atomic E-state index is -0.569. The Bertz CT molecular complexity index is 594. The number of pyridine rings is 1. The van der Waals surface area contributed by atoms with Crippen molar-refractivity contribution in [1.29, 1.82) is 0 Å². The van der Waals surface area contributed by atoms with Gasteiger partial charge >= 0.3 is 0 Å². The molecule has 0 saturated carbocycles. The minimum absolute atomic E-state index is 0.218. The smallest absolute Gasteiger partial charge is 0.254 e. The number of primary amides is 1. The maximum atomic E-state index is 11.2. The molecule has 0 spiro atoms. The van der Waals surface area contributed by atoms with Gasteiger partial charge in [-0.25, -0.2) is 0 Å². The summed E-state index contributed by atoms with van der Waals surface area (Å²) in [6.45, 7) is 2.21. The highest BCUT2D eigenvalue weighted by atomic mass is 16.5. The van der Waals surface area contributed by atoms with E-state index in [9.17, 15) is 4.79 Å². The van der Waals surface area contributed by atoms with E-state index in [0.717, 1.165) is 0 Å². The van der Waals surface area contributed by atoms with Crippen molar-refractivity contribution in [3.05, 3.63) is 30.0 Å². The van der Waals surface area contributed by atoms with Crippen LogP contribution in [0.3, 0.4) is 0 Å². The Morgan fingerprint density at radius 2 is 2.21 bits per heavy atom. The third-order valence-corrected chi connectivity index (χ3v) is 2.38. The first-order chi connectivity index (χ1) is 9.10. The number of anilines is 2. The lowest BCUT2D eigenvalue weighted by Crippen LogP contribution is -2.14. The fraction of sp³-hybridized carbons (Fsp3) is 0.250. The van der Waals surface area contributed by atoms with Crippen molar-refractivity contribution < 1.29 is 9.53 Å². The lowest BCUT2D eigenvalue weighted by molar-refractivity contribution is 0.0996. The number of nitrogens with one attached hydrogen (secondary N) is 1. The summed E-state index contributed by atoms with van der Waals surface area (Å²) in [6, 6.07) is 5.03. The van der Waals surface area contributed by atoms with Crippen LogP contribution < -0.4 is 15.8 Å². The summed E-state index contributed by atoms with van der Waals surface area (Å²) < 4.78 is 6.97. The van der Waals surface area contributed by atoms with Crippen molar-refractivity contribution in [1.82, 2.24) is 14.8 Å². The molecule has 0 atom stereocenters. The van der Waals surface area contributed by atoms with E-state index in [0.29, 0.717) is 18.2 Å². The van der Waals surface area contributed by atoms with Gasteiger partial charge in [-0.1, -0.05) is 0 Å². The molecule has 7 heteroatoms. The molecule has 0 fully saturated rings. The van der Waals surface area contributed by atoms with Crippen molar-refractivity contribution in [3.8, 4) is 5.88 Å². The van der Waals surface area contributed by atoms with Gasteiger partial charge in [-0.2, -0.15) is 10.1 Å². The summed E-state index contributed by atoms with van der Waals surface area (Å²) in [5, 5.41) is 7.19. The number of rotatable bonds is 5. The van der Waals surface area contributed by atoms with Gasteiger partial charge in [0.05, 0.1) is 6.61 Å². The Hall–Kier alpha value is -2.57. The maximum absolute atomic E-state index is 11.2. The van der Waals surface area contributed by atoms with Gasteiger partial charge in [0, 0.05) is 19.3 Å². The monoisotopic (exact) mass is 261 g/mol. The van der Waals surface area contributed by atoms with E-state index in [4.69, 9.17) is 10.5 Å². The molecule has 0 aromatic carbocycles. The van der Waals surface area contributed by atoms with E-state index >= 15 is 0 Å². The van der Waals surface area contributed by atoms with Crippen LogP contribution in [0.1, 0.15) is 17.3 Å². The van der Waals surface area contributed by atoms with E-state index in [1.54, 1.807) is 16.8 Å². The highest BCUT2D eigenvalue weighted by Crippen LogP contribution is 2.20. The van der Waals surface area contributed by atoms with Gasteiger partial charge < -0.3 is 15.8 Å². The van der Waals surface area contributed by atoms with E-state index in [1.807, 2.05) is 26.2 Å². The van der Waals surface area contributed by atoms with Crippen molar-refractivity contribution >= 4 is 17.5 Å². The highest BCUT2D eigenvalue weighted by molar-refractivity contribution is 5.95. The average molecular weight is 261 g/mol. The Balaban J connectivity index is 2.27. The standard InChI is InChI=1S/C12H15N5O2/c1-3-19-12-8(11(13)18)4-5-9(15-12)14-10-6-7-17(2)16-10/h4-7H,3H2,1-2H3,(H2,13,18)(H,14,15,16). The predicted octanol–water partition coefficient (Wildman–Crippen LogP) is 1.06. The van der Waals surface area contributed by atoms with E-state index in [2.05, 4.69) is 15.4 Å². The summed E-state index contributed by atoms with van der Waals surface area (Å²) in [5.74, 6) is 0.840. The van der Waals surface area contributed by atoms with Gasteiger partial charge in [-0.05, 0) is 19.1 Å². The molecule has 0 aliphatic carbocycles. The number of hydrogen-bond acceptors (Lipinski definition) is 5. The molecular weight excluding hydrogens is 246 g/mol. The summed E-state index contributed by atoms with van der Waals surface area (Å²) in [5.41, 5.74) is 5.51. The van der Waals surface area contributed by atoms with E-state index in [-0.39, 0.29) is 11.4 Å². The first kappa shape index (κ1) is 12.9. The maximum Gasteiger partial charge on any atom is 0.254 e. The molecule has 0 saturated heterocycles. The molecule has 0 unspecified atom stereocenters. The van der Waals surface area contributed by atoms with Crippen molar-refractivity contribution in [2.75, 3.05) is 11.9 Å². The molecule has 2 rings (SSSR count). The molecule has 0 radical (unpaired) electrons. The Labute approximate surface area is 110 Å². The molecule has 19 heavy (non-hydrogen) atoms. The molecular formula is C12H15N5O2. The fourth-order valence-corrected chi connectivity index (χ4v) is 1.56. The van der Waals surface area contributed by atoms with Crippen LogP contribution in [0, 0.1) is 0 Å². The molecule has 0 aliphatic rings. The van der Waals surface area contributed by atoms with E-state index < -0.39 is 5.91 Å². The van der Waals surface area contributed by atoms with Crippen molar-refractivity contribution in [2.24, 2.45) is 12.8 Å². The summed E-state index contributed by atoms with van der Waals surface area (Å²) >= 11 is 0. The quantitative estimate of drug-likeness (QED) is 0.839. The first-order valence-electron chi connectivity index (χ1n) is 5.80. The van der Waals surface area contributed by atoms with Gasteiger partial charge in [-0.3, -0.25) is 9.48 Å². The molecule has 3 N–H and O–H groups in total. The third kappa shape index (κ3) is 3.01.